The number of carboxylic acids is 1. The fourth-order valence-corrected chi connectivity index (χ4v) is 3.15. The first-order chi connectivity index (χ1) is 12.0. The van der Waals surface area contributed by atoms with Crippen LogP contribution in [-0.2, 0) is 4.79 Å². The van der Waals surface area contributed by atoms with Crippen LogP contribution < -0.4 is 4.90 Å². The summed E-state index contributed by atoms with van der Waals surface area (Å²) >= 11 is 0. The van der Waals surface area contributed by atoms with Crippen LogP contribution in [0, 0.1) is 5.41 Å². The Morgan fingerprint density at radius 1 is 1.16 bits per heavy atom. The minimum atomic E-state index is -0.838. The third-order valence-electron chi connectivity index (χ3n) is 4.48. The summed E-state index contributed by atoms with van der Waals surface area (Å²) in [6.45, 7) is 2.08. The Kier molecular flexibility index (Phi) is 4.57. The molecule has 5 nitrogen and oxygen atoms in total. The van der Waals surface area contributed by atoms with Crippen molar-refractivity contribution in [2.24, 2.45) is 0 Å². The van der Waals surface area contributed by atoms with Crippen LogP contribution in [0.1, 0.15) is 30.4 Å². The molecule has 0 saturated carbocycles. The number of hydrogen-bond acceptors (Lipinski definition) is 3. The monoisotopic (exact) mass is 336 g/mol. The number of rotatable bonds is 5. The summed E-state index contributed by atoms with van der Waals surface area (Å²) in [5.74, 6) is -0.965. The van der Waals surface area contributed by atoms with Crippen LogP contribution in [0.25, 0.3) is 5.57 Å². The van der Waals surface area contributed by atoms with Gasteiger partial charge in [-0.05, 0) is 29.7 Å². The molecule has 3 N–H and O–H groups in total. The average molecular weight is 336 g/mol. The molecule has 2 aromatic rings. The van der Waals surface area contributed by atoms with Gasteiger partial charge in [-0.15, -0.1) is 0 Å². The van der Waals surface area contributed by atoms with Crippen LogP contribution in [0.3, 0.4) is 0 Å². The predicted octanol–water partition coefficient (Wildman–Crippen LogP) is 4.03. The molecule has 5 heteroatoms. The van der Waals surface area contributed by atoms with Gasteiger partial charge in [0.2, 0.25) is 0 Å². The molecule has 0 saturated heterocycles. The summed E-state index contributed by atoms with van der Waals surface area (Å²) in [5, 5.41) is 28.0. The van der Waals surface area contributed by atoms with E-state index in [1.807, 2.05) is 37.3 Å². The van der Waals surface area contributed by atoms with Crippen molar-refractivity contribution < 1.29 is 15.0 Å². The highest BCUT2D eigenvalue weighted by atomic mass is 16.4. The number of benzene rings is 2. The number of amidine groups is 1. The molecule has 0 bridgehead atoms. The summed E-state index contributed by atoms with van der Waals surface area (Å²) in [6, 6.07) is 16.5. The number of aliphatic hydroxyl groups is 1. The largest absolute Gasteiger partial charge is 0.510 e. The first-order valence-corrected chi connectivity index (χ1v) is 8.19. The quantitative estimate of drug-likeness (QED) is 0.769. The highest BCUT2D eigenvalue weighted by Gasteiger charge is 2.29. The lowest BCUT2D eigenvalue weighted by Gasteiger charge is -2.20. The van der Waals surface area contributed by atoms with Crippen molar-refractivity contribution in [3.8, 4) is 0 Å². The predicted molar refractivity (Wildman–Crippen MR) is 98.2 cm³/mol. The van der Waals surface area contributed by atoms with Crippen LogP contribution in [0.2, 0.25) is 0 Å². The Balaban J connectivity index is 1.85. The summed E-state index contributed by atoms with van der Waals surface area (Å²) in [4.78, 5) is 13.0. The molecule has 128 valence electrons. The number of aliphatic hydroxyl groups excluding tert-OH is 1. The summed E-state index contributed by atoms with van der Waals surface area (Å²) < 4.78 is 0. The van der Waals surface area contributed by atoms with E-state index in [9.17, 15) is 15.0 Å². The molecule has 1 heterocycles. The van der Waals surface area contributed by atoms with Gasteiger partial charge in [0.05, 0.1) is 18.0 Å². The zero-order chi connectivity index (χ0) is 18.0. The molecule has 0 aromatic heterocycles. The van der Waals surface area contributed by atoms with Gasteiger partial charge in [0, 0.05) is 5.69 Å². The molecular weight excluding hydrogens is 316 g/mol. The van der Waals surface area contributed by atoms with Gasteiger partial charge in [-0.3, -0.25) is 10.2 Å². The fourth-order valence-electron chi connectivity index (χ4n) is 3.15. The average Bonchev–Trinajstić information content (AvgIpc) is 2.91. The minimum Gasteiger partial charge on any atom is -0.510 e. The smallest absolute Gasteiger partial charge is 0.310 e. The van der Waals surface area contributed by atoms with Gasteiger partial charge in [0.15, 0.2) is 0 Å². The maximum absolute atomic E-state index is 11.3. The lowest BCUT2D eigenvalue weighted by Crippen LogP contribution is -2.26. The first-order valence-electron chi connectivity index (χ1n) is 8.19. The molecule has 0 fully saturated rings. The molecule has 0 spiro atoms. The second kappa shape index (κ2) is 6.81. The van der Waals surface area contributed by atoms with Crippen molar-refractivity contribution in [3.63, 3.8) is 0 Å². The van der Waals surface area contributed by atoms with Crippen LogP contribution in [-0.4, -0.2) is 28.6 Å². The lowest BCUT2D eigenvalue weighted by atomic mass is 9.96. The number of hydrogen-bond donors (Lipinski definition) is 3. The first kappa shape index (κ1) is 16.8. The van der Waals surface area contributed by atoms with Crippen molar-refractivity contribution in [3.05, 3.63) is 71.5 Å². The SMILES string of the molecule is CC[C@H](C(=O)O)c1ccc(N2CC(O)=C(c3ccccc3)C2=N)cc1. The summed E-state index contributed by atoms with van der Waals surface area (Å²) in [7, 11) is 0. The Morgan fingerprint density at radius 2 is 1.80 bits per heavy atom. The Hall–Kier alpha value is -3.08. The van der Waals surface area contributed by atoms with E-state index >= 15 is 0 Å². The highest BCUT2D eigenvalue weighted by Crippen LogP contribution is 2.32. The molecule has 2 aromatic carbocycles. The van der Waals surface area contributed by atoms with Gasteiger partial charge in [0.25, 0.3) is 0 Å². The zero-order valence-electron chi connectivity index (χ0n) is 13.9. The molecule has 1 aliphatic heterocycles. The van der Waals surface area contributed by atoms with Gasteiger partial charge >= 0.3 is 5.97 Å². The topological polar surface area (TPSA) is 84.6 Å². The standard InChI is InChI=1S/C20H20N2O3/c1-2-16(20(24)25)13-8-10-15(11-9-13)22-12-17(23)18(19(22)21)14-6-4-3-5-7-14/h3-11,16,21,23H,2,12H2,1H3,(H,24,25)/t16-/m0/s1. The van der Waals surface area contributed by atoms with Crippen LogP contribution >= 0.6 is 0 Å². The number of carbonyl (C=O) groups is 1. The Bertz CT molecular complexity index is 826. The van der Waals surface area contributed by atoms with Gasteiger partial charge < -0.3 is 15.1 Å². The van der Waals surface area contributed by atoms with E-state index in [4.69, 9.17) is 5.41 Å². The van der Waals surface area contributed by atoms with Crippen molar-refractivity contribution in [1.82, 2.24) is 0 Å². The van der Waals surface area contributed by atoms with E-state index in [-0.39, 0.29) is 18.1 Å². The second-order valence-electron chi connectivity index (χ2n) is 6.01. The van der Waals surface area contributed by atoms with Crippen LogP contribution in [0.5, 0.6) is 0 Å². The van der Waals surface area contributed by atoms with E-state index in [1.165, 1.54) is 0 Å². The van der Waals surface area contributed by atoms with Gasteiger partial charge in [-0.2, -0.15) is 0 Å². The Morgan fingerprint density at radius 3 is 2.36 bits per heavy atom. The number of aliphatic carboxylic acids is 1. The number of carboxylic acid groups (broad SMARTS) is 1. The second-order valence-corrected chi connectivity index (χ2v) is 6.01. The van der Waals surface area contributed by atoms with E-state index in [0.717, 1.165) is 16.8 Å². The maximum atomic E-state index is 11.3. The Labute approximate surface area is 146 Å². The van der Waals surface area contributed by atoms with Crippen molar-refractivity contribution in [2.45, 2.75) is 19.3 Å². The van der Waals surface area contributed by atoms with Gasteiger partial charge in [-0.25, -0.2) is 0 Å². The summed E-state index contributed by atoms with van der Waals surface area (Å²) in [5.41, 5.74) is 2.83. The van der Waals surface area contributed by atoms with Crippen LogP contribution in [0.4, 0.5) is 5.69 Å². The third-order valence-corrected chi connectivity index (χ3v) is 4.48. The number of nitrogens with one attached hydrogen (secondary N) is 1. The van der Waals surface area contributed by atoms with Gasteiger partial charge in [-0.1, -0.05) is 49.4 Å². The van der Waals surface area contributed by atoms with Crippen molar-refractivity contribution >= 4 is 23.1 Å². The third kappa shape index (κ3) is 3.13. The van der Waals surface area contributed by atoms with Crippen molar-refractivity contribution in [2.75, 3.05) is 11.4 Å². The molecule has 0 radical (unpaired) electrons. The molecule has 3 rings (SSSR count). The molecule has 0 unspecified atom stereocenters. The molecule has 25 heavy (non-hydrogen) atoms. The number of nitrogens with zero attached hydrogens (tertiary/aromatic N) is 1. The maximum Gasteiger partial charge on any atom is 0.310 e. The molecule has 0 amide bonds. The molecule has 1 aliphatic rings. The van der Waals surface area contributed by atoms with E-state index in [0.29, 0.717) is 12.0 Å². The molecular formula is C20H20N2O3. The van der Waals surface area contributed by atoms with E-state index < -0.39 is 11.9 Å². The van der Waals surface area contributed by atoms with Crippen LogP contribution in [0.15, 0.2) is 60.4 Å². The van der Waals surface area contributed by atoms with E-state index in [1.54, 1.807) is 29.2 Å². The highest BCUT2D eigenvalue weighted by molar-refractivity contribution is 6.30. The fraction of sp³-hybridized carbons (Fsp3) is 0.200. The molecule has 1 atom stereocenters. The van der Waals surface area contributed by atoms with E-state index in [2.05, 4.69) is 0 Å². The molecule has 0 aliphatic carbocycles. The lowest BCUT2D eigenvalue weighted by molar-refractivity contribution is -0.138. The van der Waals surface area contributed by atoms with Crippen molar-refractivity contribution in [1.29, 1.82) is 5.41 Å². The van der Waals surface area contributed by atoms with Gasteiger partial charge in [0.1, 0.15) is 11.6 Å². The summed E-state index contributed by atoms with van der Waals surface area (Å²) in [6.07, 6.45) is 0.523. The zero-order valence-corrected chi connectivity index (χ0v) is 13.9. The normalized spacial score (nSPS) is 15.6. The number of anilines is 1. The minimum absolute atomic E-state index is 0.164.